The number of benzene rings is 2. The lowest BCUT2D eigenvalue weighted by Gasteiger charge is -2.21. The number of hydrogen-bond donors (Lipinski definition) is 0. The van der Waals surface area contributed by atoms with Gasteiger partial charge in [-0.25, -0.2) is 9.37 Å². The topological polar surface area (TPSA) is 51.0 Å². The standard InChI is InChI=1S/C21H19FN4OS2/c1-2-28-17-9-4-3-7-15(17)20(27)26(14-13-25-12-6-11-23-25)21-24-19-16(22)8-5-10-18(19)29-21/h3-12H,2,13-14H2,1H3. The summed E-state index contributed by atoms with van der Waals surface area (Å²) in [6.45, 7) is 2.95. The summed E-state index contributed by atoms with van der Waals surface area (Å²) in [6, 6.07) is 14.3. The van der Waals surface area contributed by atoms with Crippen molar-refractivity contribution in [2.24, 2.45) is 0 Å². The van der Waals surface area contributed by atoms with Crippen molar-refractivity contribution in [1.82, 2.24) is 14.8 Å². The normalized spacial score (nSPS) is 11.1. The van der Waals surface area contributed by atoms with Gasteiger partial charge in [-0.2, -0.15) is 5.10 Å². The highest BCUT2D eigenvalue weighted by Gasteiger charge is 2.24. The number of rotatable bonds is 7. The van der Waals surface area contributed by atoms with Crippen molar-refractivity contribution < 1.29 is 9.18 Å². The Morgan fingerprint density at radius 2 is 2.07 bits per heavy atom. The van der Waals surface area contributed by atoms with Gasteiger partial charge in [0.1, 0.15) is 11.3 Å². The molecule has 8 heteroatoms. The van der Waals surface area contributed by atoms with E-state index >= 15 is 0 Å². The predicted octanol–water partition coefficient (Wildman–Crippen LogP) is 5.09. The third kappa shape index (κ3) is 4.18. The number of thioether (sulfide) groups is 1. The van der Waals surface area contributed by atoms with Crippen molar-refractivity contribution in [2.75, 3.05) is 17.2 Å². The summed E-state index contributed by atoms with van der Waals surface area (Å²) in [4.78, 5) is 20.5. The number of carbonyl (C=O) groups is 1. The summed E-state index contributed by atoms with van der Waals surface area (Å²) < 4.78 is 16.7. The molecule has 0 saturated heterocycles. The van der Waals surface area contributed by atoms with Crippen molar-refractivity contribution in [3.05, 3.63) is 72.3 Å². The number of para-hydroxylation sites is 1. The van der Waals surface area contributed by atoms with E-state index in [0.717, 1.165) is 10.6 Å². The minimum absolute atomic E-state index is 0.145. The monoisotopic (exact) mass is 426 g/mol. The highest BCUT2D eigenvalue weighted by molar-refractivity contribution is 7.99. The van der Waals surface area contributed by atoms with E-state index in [4.69, 9.17) is 0 Å². The van der Waals surface area contributed by atoms with Crippen molar-refractivity contribution in [2.45, 2.75) is 18.4 Å². The van der Waals surface area contributed by atoms with Gasteiger partial charge in [0, 0.05) is 23.8 Å². The number of anilines is 1. The average Bonchev–Trinajstić information content (AvgIpc) is 3.39. The van der Waals surface area contributed by atoms with Crippen molar-refractivity contribution in [3.63, 3.8) is 0 Å². The lowest BCUT2D eigenvalue weighted by molar-refractivity contribution is 0.0983. The molecule has 0 aliphatic rings. The van der Waals surface area contributed by atoms with Crippen LogP contribution in [0.25, 0.3) is 10.2 Å². The van der Waals surface area contributed by atoms with Crippen LogP contribution in [0, 0.1) is 5.82 Å². The molecule has 0 N–H and O–H groups in total. The number of thiazole rings is 1. The van der Waals surface area contributed by atoms with Crippen LogP contribution in [0.15, 0.2) is 65.8 Å². The quantitative estimate of drug-likeness (QED) is 0.386. The summed E-state index contributed by atoms with van der Waals surface area (Å²) in [5, 5.41) is 4.70. The molecule has 4 rings (SSSR count). The Hall–Kier alpha value is -2.71. The van der Waals surface area contributed by atoms with Crippen LogP contribution in [0.5, 0.6) is 0 Å². The molecule has 2 aromatic heterocycles. The summed E-state index contributed by atoms with van der Waals surface area (Å²) in [6.07, 6.45) is 3.55. The van der Waals surface area contributed by atoms with Gasteiger partial charge in [-0.3, -0.25) is 14.4 Å². The van der Waals surface area contributed by atoms with Crippen molar-refractivity contribution in [3.8, 4) is 0 Å². The summed E-state index contributed by atoms with van der Waals surface area (Å²) in [7, 11) is 0. The van der Waals surface area contributed by atoms with Gasteiger partial charge in [0.05, 0.1) is 16.8 Å². The van der Waals surface area contributed by atoms with Gasteiger partial charge in [-0.1, -0.05) is 36.5 Å². The first-order chi connectivity index (χ1) is 14.2. The van der Waals surface area contributed by atoms with Crippen LogP contribution < -0.4 is 4.90 Å². The van der Waals surface area contributed by atoms with E-state index in [1.807, 2.05) is 42.6 Å². The first-order valence-electron chi connectivity index (χ1n) is 9.23. The number of hydrogen-bond acceptors (Lipinski definition) is 5. The van der Waals surface area contributed by atoms with Crippen LogP contribution in [0.2, 0.25) is 0 Å². The largest absolute Gasteiger partial charge is 0.282 e. The molecule has 0 bridgehead atoms. The first-order valence-corrected chi connectivity index (χ1v) is 11.0. The van der Waals surface area contributed by atoms with Crippen molar-refractivity contribution >= 4 is 44.4 Å². The van der Waals surface area contributed by atoms with E-state index in [-0.39, 0.29) is 11.7 Å². The van der Waals surface area contributed by atoms with Crippen LogP contribution in [0.3, 0.4) is 0 Å². The lowest BCUT2D eigenvalue weighted by Crippen LogP contribution is -2.34. The molecule has 1 amide bonds. The van der Waals surface area contributed by atoms with Gasteiger partial charge in [0.25, 0.3) is 5.91 Å². The van der Waals surface area contributed by atoms with E-state index < -0.39 is 0 Å². The van der Waals surface area contributed by atoms with E-state index in [2.05, 4.69) is 17.0 Å². The summed E-state index contributed by atoms with van der Waals surface area (Å²) >= 11 is 2.94. The third-order valence-corrected chi connectivity index (χ3v) is 6.36. The average molecular weight is 427 g/mol. The fourth-order valence-corrected chi connectivity index (χ4v) is 4.81. The molecule has 29 heavy (non-hydrogen) atoms. The molecule has 0 aliphatic heterocycles. The Morgan fingerprint density at radius 3 is 2.83 bits per heavy atom. The molecule has 0 atom stereocenters. The smallest absolute Gasteiger partial charge is 0.261 e. The van der Waals surface area contributed by atoms with E-state index in [9.17, 15) is 9.18 Å². The van der Waals surface area contributed by atoms with Gasteiger partial charge < -0.3 is 0 Å². The molecule has 4 aromatic rings. The zero-order valence-electron chi connectivity index (χ0n) is 15.8. The summed E-state index contributed by atoms with van der Waals surface area (Å²) in [5.41, 5.74) is 0.917. The van der Waals surface area contributed by atoms with E-state index in [1.54, 1.807) is 33.6 Å². The van der Waals surface area contributed by atoms with Crippen molar-refractivity contribution in [1.29, 1.82) is 0 Å². The SMILES string of the molecule is CCSc1ccccc1C(=O)N(CCn1cccn1)c1nc2c(F)cccc2s1. The Bertz CT molecular complexity index is 1130. The molecule has 2 heterocycles. The number of aromatic nitrogens is 3. The number of carbonyl (C=O) groups excluding carboxylic acids is 1. The lowest BCUT2D eigenvalue weighted by atomic mass is 10.2. The first kappa shape index (κ1) is 19.6. The number of halogens is 1. The Balaban J connectivity index is 1.73. The third-order valence-electron chi connectivity index (χ3n) is 4.36. The maximum atomic E-state index is 14.2. The maximum Gasteiger partial charge on any atom is 0.261 e. The fraction of sp³-hybridized carbons (Fsp3) is 0.190. The van der Waals surface area contributed by atoms with Gasteiger partial charge in [0.2, 0.25) is 0 Å². The second kappa shape index (κ2) is 8.75. The molecule has 148 valence electrons. The Labute approximate surface area is 176 Å². The van der Waals surface area contributed by atoms with Crippen LogP contribution in [0.1, 0.15) is 17.3 Å². The minimum atomic E-state index is -0.383. The van der Waals surface area contributed by atoms with E-state index in [0.29, 0.717) is 34.0 Å². The number of amides is 1. The van der Waals surface area contributed by atoms with Crippen LogP contribution in [0.4, 0.5) is 9.52 Å². The molecular formula is C21H19FN4OS2. The molecule has 0 spiro atoms. The zero-order chi connectivity index (χ0) is 20.2. The molecule has 0 saturated carbocycles. The highest BCUT2D eigenvalue weighted by Crippen LogP contribution is 2.32. The highest BCUT2D eigenvalue weighted by atomic mass is 32.2. The maximum absolute atomic E-state index is 14.2. The number of fused-ring (bicyclic) bond motifs is 1. The Morgan fingerprint density at radius 1 is 1.21 bits per heavy atom. The second-order valence-electron chi connectivity index (χ2n) is 6.24. The zero-order valence-corrected chi connectivity index (χ0v) is 17.4. The molecule has 2 aromatic carbocycles. The van der Waals surface area contributed by atoms with Gasteiger partial charge in [-0.05, 0) is 36.1 Å². The molecule has 5 nitrogen and oxygen atoms in total. The van der Waals surface area contributed by atoms with Gasteiger partial charge in [0.15, 0.2) is 5.13 Å². The molecule has 0 fully saturated rings. The van der Waals surface area contributed by atoms with Crippen LogP contribution in [-0.2, 0) is 6.54 Å². The predicted molar refractivity (Wildman–Crippen MR) is 116 cm³/mol. The van der Waals surface area contributed by atoms with E-state index in [1.165, 1.54) is 17.4 Å². The van der Waals surface area contributed by atoms with Gasteiger partial charge in [-0.15, -0.1) is 11.8 Å². The molecule has 0 unspecified atom stereocenters. The molecule has 0 aliphatic carbocycles. The van der Waals surface area contributed by atoms with Crippen LogP contribution >= 0.6 is 23.1 Å². The van der Waals surface area contributed by atoms with Crippen LogP contribution in [-0.4, -0.2) is 33.0 Å². The minimum Gasteiger partial charge on any atom is -0.282 e. The number of nitrogens with zero attached hydrogens (tertiary/aromatic N) is 4. The fourth-order valence-electron chi connectivity index (χ4n) is 3.01. The summed E-state index contributed by atoms with van der Waals surface area (Å²) in [5.74, 6) is 0.337. The molecular weight excluding hydrogens is 407 g/mol. The Kier molecular flexibility index (Phi) is 5.92. The molecule has 0 radical (unpaired) electrons. The second-order valence-corrected chi connectivity index (χ2v) is 8.55. The van der Waals surface area contributed by atoms with Gasteiger partial charge >= 0.3 is 0 Å².